The van der Waals surface area contributed by atoms with Crippen LogP contribution in [0.25, 0.3) is 0 Å². The molecule has 0 aromatic rings. The van der Waals surface area contributed by atoms with Gasteiger partial charge in [0.05, 0.1) is 17.0 Å². The molecule has 0 unspecified atom stereocenters. The second-order valence-corrected chi connectivity index (χ2v) is 5.19. The van der Waals surface area contributed by atoms with Crippen LogP contribution in [0.4, 0.5) is 0 Å². The molecule has 0 aromatic heterocycles. The smallest absolute Gasteiger partial charge is 0.333 e. The number of carboxylic acid groups (broad SMARTS) is 1. The molecule has 6 heteroatoms. The van der Waals surface area contributed by atoms with E-state index in [1.807, 2.05) is 19.0 Å². The van der Waals surface area contributed by atoms with Crippen LogP contribution in [0.5, 0.6) is 0 Å². The average molecular weight is 314 g/mol. The summed E-state index contributed by atoms with van der Waals surface area (Å²) in [5, 5.41) is 14.2. The van der Waals surface area contributed by atoms with Gasteiger partial charge >= 0.3 is 5.97 Å². The molecule has 3 N–H and O–H groups in total. The van der Waals surface area contributed by atoms with Crippen LogP contribution in [-0.4, -0.2) is 36.2 Å². The van der Waals surface area contributed by atoms with Crippen molar-refractivity contribution < 1.29 is 9.90 Å². The van der Waals surface area contributed by atoms with Crippen LogP contribution < -0.4 is 10.7 Å². The largest absolute Gasteiger partial charge is 0.478 e. The number of carboxylic acids is 1. The lowest BCUT2D eigenvalue weighted by Crippen LogP contribution is -2.33. The molecule has 0 spiro atoms. The zero-order valence-corrected chi connectivity index (χ0v) is 12.0. The van der Waals surface area contributed by atoms with E-state index in [-0.39, 0.29) is 0 Å². The van der Waals surface area contributed by atoms with Gasteiger partial charge in [-0.05, 0) is 18.1 Å². The first-order chi connectivity index (χ1) is 8.54. The highest BCUT2D eigenvalue weighted by atomic mass is 79.9. The summed E-state index contributed by atoms with van der Waals surface area (Å²) in [5.41, 5.74) is 6.67. The molecule has 0 amide bonds. The Morgan fingerprint density at radius 3 is 2.78 bits per heavy atom. The summed E-state index contributed by atoms with van der Waals surface area (Å²) in [6.45, 7) is 3.13. The van der Waals surface area contributed by atoms with E-state index in [0.29, 0.717) is 12.1 Å². The Morgan fingerprint density at radius 1 is 1.56 bits per heavy atom. The Hall–Kier alpha value is -1.27. The van der Waals surface area contributed by atoms with Gasteiger partial charge in [-0.15, -0.1) is 0 Å². The van der Waals surface area contributed by atoms with Crippen molar-refractivity contribution in [2.24, 2.45) is 0 Å². The molecule has 0 aromatic carbocycles. The topological polar surface area (TPSA) is 64.6 Å². The van der Waals surface area contributed by atoms with Gasteiger partial charge in [0.25, 0.3) is 0 Å². The number of dihydropyridines is 1. The number of hydrogen-bond donors (Lipinski definition) is 3. The van der Waals surface area contributed by atoms with Crippen LogP contribution >= 0.6 is 15.9 Å². The highest BCUT2D eigenvalue weighted by Crippen LogP contribution is 2.29. The van der Waals surface area contributed by atoms with Gasteiger partial charge in [-0.25, -0.2) is 10.2 Å². The zero-order chi connectivity index (χ0) is 13.3. The number of nitrogens with zero attached hydrogens (tertiary/aromatic N) is 1. The van der Waals surface area contributed by atoms with Crippen molar-refractivity contribution >= 4 is 21.9 Å². The maximum Gasteiger partial charge on any atom is 0.333 e. The molecule has 98 valence electrons. The van der Waals surface area contributed by atoms with Gasteiger partial charge < -0.3 is 15.4 Å². The molecule has 5 nitrogen and oxygen atoms in total. The lowest BCUT2D eigenvalue weighted by molar-refractivity contribution is -0.132. The van der Waals surface area contributed by atoms with Gasteiger partial charge in [0.1, 0.15) is 0 Å². The van der Waals surface area contributed by atoms with Crippen molar-refractivity contribution in [3.05, 3.63) is 33.1 Å². The fourth-order valence-electron chi connectivity index (χ4n) is 2.12. The van der Waals surface area contributed by atoms with Crippen molar-refractivity contribution in [1.82, 2.24) is 15.8 Å². The molecule has 2 rings (SSSR count). The number of allylic oxidation sites excluding steroid dienone is 2. The van der Waals surface area contributed by atoms with Crippen molar-refractivity contribution in [2.75, 3.05) is 20.1 Å². The predicted octanol–water partition coefficient (Wildman–Crippen LogP) is 1.32. The summed E-state index contributed by atoms with van der Waals surface area (Å²) in [6, 6.07) is 0. The van der Waals surface area contributed by atoms with E-state index in [0.717, 1.165) is 34.4 Å². The number of hydrazine groups is 1. The molecule has 0 radical (unpaired) electrons. The molecule has 0 saturated heterocycles. The Bertz CT molecular complexity index is 480. The van der Waals surface area contributed by atoms with Crippen LogP contribution in [-0.2, 0) is 4.79 Å². The molecule has 2 aliphatic heterocycles. The molecule has 0 bridgehead atoms. The molecule has 2 aliphatic rings. The SMILES string of the molecule is CCC1=C(C2=C(Br)CNN2C)NCC(C(=O)O)=C1. The Kier molecular flexibility index (Phi) is 3.77. The molecule has 0 saturated carbocycles. The molecule has 18 heavy (non-hydrogen) atoms. The number of nitrogens with one attached hydrogen (secondary N) is 2. The molecular weight excluding hydrogens is 298 g/mol. The minimum Gasteiger partial charge on any atom is -0.478 e. The number of rotatable bonds is 3. The average Bonchev–Trinajstić information content (AvgIpc) is 2.68. The Balaban J connectivity index is 2.43. The Labute approximate surface area is 114 Å². The normalized spacial score (nSPS) is 20.2. The maximum absolute atomic E-state index is 11.0. The second kappa shape index (κ2) is 5.16. The van der Waals surface area contributed by atoms with Crippen LogP contribution in [0.1, 0.15) is 13.3 Å². The molecule has 2 heterocycles. The molecule has 0 fully saturated rings. The Morgan fingerprint density at radius 2 is 2.28 bits per heavy atom. The van der Waals surface area contributed by atoms with E-state index in [1.165, 1.54) is 0 Å². The van der Waals surface area contributed by atoms with E-state index >= 15 is 0 Å². The van der Waals surface area contributed by atoms with E-state index in [2.05, 4.69) is 26.7 Å². The van der Waals surface area contributed by atoms with E-state index in [4.69, 9.17) is 5.11 Å². The van der Waals surface area contributed by atoms with Crippen LogP contribution in [0.2, 0.25) is 0 Å². The fourth-order valence-corrected chi connectivity index (χ4v) is 2.71. The van der Waals surface area contributed by atoms with Gasteiger partial charge in [-0.2, -0.15) is 0 Å². The molecular formula is C12H16BrN3O2. The highest BCUT2D eigenvalue weighted by Gasteiger charge is 2.25. The van der Waals surface area contributed by atoms with Gasteiger partial charge in [0.2, 0.25) is 0 Å². The van der Waals surface area contributed by atoms with Crippen molar-refractivity contribution in [3.8, 4) is 0 Å². The lowest BCUT2D eigenvalue weighted by Gasteiger charge is -2.25. The van der Waals surface area contributed by atoms with Gasteiger partial charge in [-0.1, -0.05) is 22.9 Å². The van der Waals surface area contributed by atoms with E-state index in [9.17, 15) is 4.79 Å². The summed E-state index contributed by atoms with van der Waals surface area (Å²) in [4.78, 5) is 11.0. The third-order valence-electron chi connectivity index (χ3n) is 3.08. The summed E-state index contributed by atoms with van der Waals surface area (Å²) in [7, 11) is 1.95. The lowest BCUT2D eigenvalue weighted by atomic mass is 10.0. The quantitative estimate of drug-likeness (QED) is 0.733. The minimum atomic E-state index is -0.863. The van der Waals surface area contributed by atoms with Gasteiger partial charge in [0.15, 0.2) is 0 Å². The monoisotopic (exact) mass is 313 g/mol. The fraction of sp³-hybridized carbons (Fsp3) is 0.417. The summed E-state index contributed by atoms with van der Waals surface area (Å²) in [6.07, 6.45) is 2.56. The van der Waals surface area contributed by atoms with Crippen molar-refractivity contribution in [1.29, 1.82) is 0 Å². The zero-order valence-electron chi connectivity index (χ0n) is 10.4. The van der Waals surface area contributed by atoms with E-state index < -0.39 is 5.97 Å². The maximum atomic E-state index is 11.0. The first kappa shape index (κ1) is 13.2. The number of halogens is 1. The van der Waals surface area contributed by atoms with E-state index in [1.54, 1.807) is 6.08 Å². The number of hydrogen-bond acceptors (Lipinski definition) is 4. The number of aliphatic carboxylic acids is 1. The highest BCUT2D eigenvalue weighted by molar-refractivity contribution is 9.11. The number of likely N-dealkylation sites (N-methyl/N-ethyl adjacent to an activating group) is 1. The number of carbonyl (C=O) groups is 1. The van der Waals surface area contributed by atoms with Crippen LogP contribution in [0, 0.1) is 0 Å². The van der Waals surface area contributed by atoms with Gasteiger partial charge in [-0.3, -0.25) is 0 Å². The summed E-state index contributed by atoms with van der Waals surface area (Å²) >= 11 is 3.55. The second-order valence-electron chi connectivity index (χ2n) is 4.23. The van der Waals surface area contributed by atoms with Crippen LogP contribution in [0.15, 0.2) is 33.1 Å². The summed E-state index contributed by atoms with van der Waals surface area (Å²) in [5.74, 6) is -0.863. The van der Waals surface area contributed by atoms with Crippen LogP contribution in [0.3, 0.4) is 0 Å². The third-order valence-corrected chi connectivity index (χ3v) is 3.74. The predicted molar refractivity (Wildman–Crippen MR) is 72.8 cm³/mol. The summed E-state index contributed by atoms with van der Waals surface area (Å²) < 4.78 is 1.07. The van der Waals surface area contributed by atoms with Crippen molar-refractivity contribution in [2.45, 2.75) is 13.3 Å². The standard InChI is InChI=1S/C12H16BrN3O2/c1-3-7-4-8(12(17)18)5-14-10(7)11-9(13)6-15-16(11)2/h4,14-15H,3,5-6H2,1-2H3,(H,17,18). The third kappa shape index (κ3) is 2.30. The molecule has 0 atom stereocenters. The van der Waals surface area contributed by atoms with Crippen molar-refractivity contribution in [3.63, 3.8) is 0 Å². The first-order valence-electron chi connectivity index (χ1n) is 5.81. The van der Waals surface area contributed by atoms with Gasteiger partial charge in [0, 0.05) is 24.6 Å². The first-order valence-corrected chi connectivity index (χ1v) is 6.61. The molecule has 0 aliphatic carbocycles. The minimum absolute atomic E-state index is 0.353.